The second kappa shape index (κ2) is 7.22. The van der Waals surface area contributed by atoms with Gasteiger partial charge in [-0.1, -0.05) is 26.0 Å². The number of hydrogen-bond acceptors (Lipinski definition) is 3. The zero-order valence-electron chi connectivity index (χ0n) is 12.2. The summed E-state index contributed by atoms with van der Waals surface area (Å²) in [6.07, 6.45) is 4.51. The molecule has 2 aromatic rings. The Morgan fingerprint density at radius 2 is 2.15 bits per heavy atom. The van der Waals surface area contributed by atoms with Crippen LogP contribution < -0.4 is 5.32 Å². The van der Waals surface area contributed by atoms with E-state index in [2.05, 4.69) is 36.4 Å². The third kappa shape index (κ3) is 3.92. The molecule has 1 atom stereocenters. The highest BCUT2D eigenvalue weighted by Crippen LogP contribution is 2.11. The van der Waals surface area contributed by atoms with E-state index in [-0.39, 0.29) is 6.61 Å². The molecule has 1 heterocycles. The fourth-order valence-electron chi connectivity index (χ4n) is 2.29. The largest absolute Gasteiger partial charge is 0.396 e. The van der Waals surface area contributed by atoms with Crippen molar-refractivity contribution in [1.29, 1.82) is 0 Å². The summed E-state index contributed by atoms with van der Waals surface area (Å²) in [4.78, 5) is 0. The first kappa shape index (κ1) is 14.8. The summed E-state index contributed by atoms with van der Waals surface area (Å²) < 4.78 is 1.86. The van der Waals surface area contributed by atoms with Gasteiger partial charge in [-0.2, -0.15) is 5.10 Å². The molecule has 1 aromatic carbocycles. The van der Waals surface area contributed by atoms with Gasteiger partial charge in [-0.15, -0.1) is 0 Å². The Bertz CT molecular complexity index is 508. The average Bonchev–Trinajstić information content (AvgIpc) is 2.97. The van der Waals surface area contributed by atoms with E-state index in [1.807, 2.05) is 29.1 Å². The summed E-state index contributed by atoms with van der Waals surface area (Å²) in [6, 6.07) is 10.6. The van der Waals surface area contributed by atoms with E-state index in [4.69, 9.17) is 5.11 Å². The molecule has 108 valence electrons. The van der Waals surface area contributed by atoms with E-state index in [1.165, 1.54) is 5.56 Å². The summed E-state index contributed by atoms with van der Waals surface area (Å²) in [5, 5.41) is 16.9. The van der Waals surface area contributed by atoms with Crippen LogP contribution in [0, 0.1) is 5.92 Å². The van der Waals surface area contributed by atoms with Crippen LogP contribution in [0.4, 0.5) is 0 Å². The van der Waals surface area contributed by atoms with Gasteiger partial charge in [0.2, 0.25) is 0 Å². The zero-order chi connectivity index (χ0) is 14.4. The van der Waals surface area contributed by atoms with Gasteiger partial charge >= 0.3 is 0 Å². The molecular weight excluding hydrogens is 250 g/mol. The standard InChI is InChI=1S/C16H23N3O/c1-13(2)16(7-10-20)17-12-14-5-3-6-15(11-14)19-9-4-8-18-19/h3-6,8-9,11,13,16-17,20H,7,10,12H2,1-2H3. The Balaban J connectivity index is 2.01. The van der Waals surface area contributed by atoms with Crippen LogP contribution in [0.3, 0.4) is 0 Å². The van der Waals surface area contributed by atoms with Crippen molar-refractivity contribution >= 4 is 0 Å². The van der Waals surface area contributed by atoms with Crippen LogP contribution in [-0.2, 0) is 6.54 Å². The lowest BCUT2D eigenvalue weighted by molar-refractivity contribution is 0.244. The predicted molar refractivity (Wildman–Crippen MR) is 80.7 cm³/mol. The lowest BCUT2D eigenvalue weighted by atomic mass is 10.0. The second-order valence-electron chi connectivity index (χ2n) is 5.36. The number of benzene rings is 1. The Morgan fingerprint density at radius 3 is 2.80 bits per heavy atom. The van der Waals surface area contributed by atoms with Crippen molar-refractivity contribution in [2.24, 2.45) is 5.92 Å². The highest BCUT2D eigenvalue weighted by molar-refractivity contribution is 5.34. The third-order valence-corrected chi connectivity index (χ3v) is 3.49. The van der Waals surface area contributed by atoms with Crippen LogP contribution in [0.25, 0.3) is 5.69 Å². The van der Waals surface area contributed by atoms with Gasteiger partial charge in [-0.05, 0) is 36.1 Å². The molecule has 0 saturated heterocycles. The molecule has 0 aliphatic heterocycles. The Labute approximate surface area is 120 Å². The van der Waals surface area contributed by atoms with Gasteiger partial charge in [0.25, 0.3) is 0 Å². The minimum atomic E-state index is 0.225. The summed E-state index contributed by atoms with van der Waals surface area (Å²) >= 11 is 0. The maximum Gasteiger partial charge on any atom is 0.0648 e. The van der Waals surface area contributed by atoms with Crippen molar-refractivity contribution in [3.8, 4) is 5.69 Å². The summed E-state index contributed by atoms with van der Waals surface area (Å²) in [5.41, 5.74) is 2.29. The van der Waals surface area contributed by atoms with Crippen LogP contribution in [-0.4, -0.2) is 27.5 Å². The van der Waals surface area contributed by atoms with Crippen LogP contribution in [0.15, 0.2) is 42.7 Å². The van der Waals surface area contributed by atoms with E-state index >= 15 is 0 Å². The monoisotopic (exact) mass is 273 g/mol. The molecule has 4 nitrogen and oxygen atoms in total. The number of nitrogens with one attached hydrogen (secondary N) is 1. The van der Waals surface area contributed by atoms with E-state index in [0.29, 0.717) is 12.0 Å². The summed E-state index contributed by atoms with van der Waals surface area (Å²) in [6.45, 7) is 5.38. The van der Waals surface area contributed by atoms with Gasteiger partial charge in [-0.25, -0.2) is 4.68 Å². The minimum Gasteiger partial charge on any atom is -0.396 e. The number of hydrogen-bond donors (Lipinski definition) is 2. The third-order valence-electron chi connectivity index (χ3n) is 3.49. The molecular formula is C16H23N3O. The molecule has 0 amide bonds. The maximum atomic E-state index is 9.10. The Hall–Kier alpha value is -1.65. The molecule has 2 N–H and O–H groups in total. The van der Waals surface area contributed by atoms with Gasteiger partial charge in [0, 0.05) is 31.6 Å². The van der Waals surface area contributed by atoms with Gasteiger partial charge in [0.15, 0.2) is 0 Å². The van der Waals surface area contributed by atoms with Crippen molar-refractivity contribution in [3.63, 3.8) is 0 Å². The maximum absolute atomic E-state index is 9.10. The molecule has 1 aromatic heterocycles. The van der Waals surface area contributed by atoms with Gasteiger partial charge in [0.05, 0.1) is 5.69 Å². The second-order valence-corrected chi connectivity index (χ2v) is 5.36. The quantitative estimate of drug-likeness (QED) is 0.814. The molecule has 0 aliphatic carbocycles. The first-order valence-corrected chi connectivity index (χ1v) is 7.14. The molecule has 4 heteroatoms. The molecule has 0 bridgehead atoms. The first-order valence-electron chi connectivity index (χ1n) is 7.14. The number of rotatable bonds is 7. The Kier molecular flexibility index (Phi) is 5.32. The molecule has 1 unspecified atom stereocenters. The minimum absolute atomic E-state index is 0.225. The molecule has 0 saturated carbocycles. The molecule has 0 fully saturated rings. The topological polar surface area (TPSA) is 50.1 Å². The smallest absolute Gasteiger partial charge is 0.0648 e. The summed E-state index contributed by atoms with van der Waals surface area (Å²) in [5.74, 6) is 0.511. The number of nitrogens with zero attached hydrogens (tertiary/aromatic N) is 2. The van der Waals surface area contributed by atoms with Crippen molar-refractivity contribution < 1.29 is 5.11 Å². The SMILES string of the molecule is CC(C)C(CCO)NCc1cccc(-n2cccn2)c1. The van der Waals surface area contributed by atoms with Crippen LogP contribution in [0.5, 0.6) is 0 Å². The highest BCUT2D eigenvalue weighted by Gasteiger charge is 2.11. The average molecular weight is 273 g/mol. The van der Waals surface area contributed by atoms with Crippen molar-refractivity contribution in [2.75, 3.05) is 6.61 Å². The molecule has 2 rings (SSSR count). The fourth-order valence-corrected chi connectivity index (χ4v) is 2.29. The summed E-state index contributed by atoms with van der Waals surface area (Å²) in [7, 11) is 0. The van der Waals surface area contributed by atoms with E-state index in [9.17, 15) is 0 Å². The number of aromatic nitrogens is 2. The lowest BCUT2D eigenvalue weighted by Crippen LogP contribution is -2.34. The molecule has 0 aliphatic rings. The molecule has 0 radical (unpaired) electrons. The van der Waals surface area contributed by atoms with Gasteiger partial charge in [-0.3, -0.25) is 0 Å². The highest BCUT2D eigenvalue weighted by atomic mass is 16.3. The van der Waals surface area contributed by atoms with Crippen molar-refractivity contribution in [3.05, 3.63) is 48.3 Å². The number of aliphatic hydroxyl groups excluding tert-OH is 1. The van der Waals surface area contributed by atoms with Crippen LogP contribution in [0.1, 0.15) is 25.8 Å². The van der Waals surface area contributed by atoms with Gasteiger partial charge < -0.3 is 10.4 Å². The van der Waals surface area contributed by atoms with E-state index < -0.39 is 0 Å². The normalized spacial score (nSPS) is 12.8. The molecule has 0 spiro atoms. The first-order chi connectivity index (χ1) is 9.70. The van der Waals surface area contributed by atoms with E-state index in [0.717, 1.165) is 18.7 Å². The number of aliphatic hydroxyl groups is 1. The molecule has 20 heavy (non-hydrogen) atoms. The van der Waals surface area contributed by atoms with Crippen LogP contribution >= 0.6 is 0 Å². The van der Waals surface area contributed by atoms with Gasteiger partial charge in [0.1, 0.15) is 0 Å². The fraction of sp³-hybridized carbons (Fsp3) is 0.438. The van der Waals surface area contributed by atoms with Crippen molar-refractivity contribution in [1.82, 2.24) is 15.1 Å². The predicted octanol–water partition coefficient (Wildman–Crippen LogP) is 2.37. The Morgan fingerprint density at radius 1 is 1.30 bits per heavy atom. The van der Waals surface area contributed by atoms with Crippen LogP contribution in [0.2, 0.25) is 0 Å². The van der Waals surface area contributed by atoms with E-state index in [1.54, 1.807) is 6.20 Å². The zero-order valence-corrected chi connectivity index (χ0v) is 12.2. The lowest BCUT2D eigenvalue weighted by Gasteiger charge is -2.21. The van der Waals surface area contributed by atoms with Crippen molar-refractivity contribution in [2.45, 2.75) is 32.9 Å².